The van der Waals surface area contributed by atoms with Crippen molar-refractivity contribution < 1.29 is 4.92 Å². The average molecular weight is 381 g/mol. The SMILES string of the molecule is O=[N+]([O-])c1ccc(-c2n[nH]c(-c3nc4ccccc4[nH]3)c2-c2ccccc2)cc1. The van der Waals surface area contributed by atoms with Gasteiger partial charge in [-0.3, -0.25) is 15.2 Å². The van der Waals surface area contributed by atoms with Gasteiger partial charge in [0.1, 0.15) is 11.4 Å². The first kappa shape index (κ1) is 16.9. The van der Waals surface area contributed by atoms with E-state index in [1.165, 1.54) is 12.1 Å². The second-order valence-corrected chi connectivity index (χ2v) is 6.59. The number of hydrogen-bond donors (Lipinski definition) is 2. The van der Waals surface area contributed by atoms with Gasteiger partial charge in [-0.05, 0) is 29.8 Å². The Hall–Kier alpha value is -4.26. The third-order valence-electron chi connectivity index (χ3n) is 4.81. The van der Waals surface area contributed by atoms with Gasteiger partial charge in [0.2, 0.25) is 0 Å². The maximum atomic E-state index is 11.0. The van der Waals surface area contributed by atoms with Crippen LogP contribution in [0.25, 0.3) is 44.9 Å². The lowest BCUT2D eigenvalue weighted by Gasteiger charge is -2.05. The van der Waals surface area contributed by atoms with Gasteiger partial charge in [0.15, 0.2) is 5.82 Å². The highest BCUT2D eigenvalue weighted by Crippen LogP contribution is 2.38. The van der Waals surface area contributed by atoms with E-state index in [1.807, 2.05) is 54.6 Å². The second-order valence-electron chi connectivity index (χ2n) is 6.59. The number of non-ortho nitro benzene ring substituents is 1. The lowest BCUT2D eigenvalue weighted by atomic mass is 9.98. The van der Waals surface area contributed by atoms with Crippen LogP contribution in [0.1, 0.15) is 0 Å². The summed E-state index contributed by atoms with van der Waals surface area (Å²) in [7, 11) is 0. The first-order valence-corrected chi connectivity index (χ1v) is 9.04. The van der Waals surface area contributed by atoms with Crippen LogP contribution in [0.3, 0.4) is 0 Å². The third-order valence-corrected chi connectivity index (χ3v) is 4.81. The molecule has 0 fully saturated rings. The number of benzene rings is 3. The summed E-state index contributed by atoms with van der Waals surface area (Å²) < 4.78 is 0. The summed E-state index contributed by atoms with van der Waals surface area (Å²) in [4.78, 5) is 18.6. The van der Waals surface area contributed by atoms with Crippen LogP contribution in [0.4, 0.5) is 5.69 Å². The molecule has 5 rings (SSSR count). The Bertz CT molecular complexity index is 1290. The van der Waals surface area contributed by atoms with Gasteiger partial charge in [0.25, 0.3) is 5.69 Å². The number of aromatic amines is 2. The van der Waals surface area contributed by atoms with E-state index in [9.17, 15) is 10.1 Å². The summed E-state index contributed by atoms with van der Waals surface area (Å²) in [6.07, 6.45) is 0. The van der Waals surface area contributed by atoms with Gasteiger partial charge in [0, 0.05) is 23.3 Å². The van der Waals surface area contributed by atoms with Crippen molar-refractivity contribution >= 4 is 16.7 Å². The summed E-state index contributed by atoms with van der Waals surface area (Å²) in [6.45, 7) is 0. The molecule has 0 aliphatic carbocycles. The molecule has 0 bridgehead atoms. The van der Waals surface area contributed by atoms with Gasteiger partial charge in [-0.15, -0.1) is 0 Å². The van der Waals surface area contributed by atoms with Crippen LogP contribution >= 0.6 is 0 Å². The van der Waals surface area contributed by atoms with Crippen molar-refractivity contribution in [2.24, 2.45) is 0 Å². The number of imidazole rings is 1. The smallest absolute Gasteiger partial charge is 0.269 e. The van der Waals surface area contributed by atoms with Crippen LogP contribution in [0.5, 0.6) is 0 Å². The molecule has 0 atom stereocenters. The van der Waals surface area contributed by atoms with Gasteiger partial charge in [-0.2, -0.15) is 5.10 Å². The molecule has 0 aliphatic heterocycles. The van der Waals surface area contributed by atoms with Crippen molar-refractivity contribution in [2.45, 2.75) is 0 Å². The maximum Gasteiger partial charge on any atom is 0.269 e. The van der Waals surface area contributed by atoms with E-state index in [2.05, 4.69) is 15.2 Å². The first-order valence-electron chi connectivity index (χ1n) is 9.04. The number of nitro benzene ring substituents is 1. The summed E-state index contributed by atoms with van der Waals surface area (Å²) in [5, 5.41) is 18.6. The Morgan fingerprint density at radius 1 is 0.828 bits per heavy atom. The van der Waals surface area contributed by atoms with Crippen molar-refractivity contribution in [3.63, 3.8) is 0 Å². The summed E-state index contributed by atoms with van der Waals surface area (Å²) in [5.41, 5.74) is 5.97. The fraction of sp³-hybridized carbons (Fsp3) is 0. The topological polar surface area (TPSA) is 100 Å². The predicted molar refractivity (Wildman–Crippen MR) is 111 cm³/mol. The molecule has 0 unspecified atom stereocenters. The van der Waals surface area contributed by atoms with E-state index in [-0.39, 0.29) is 5.69 Å². The van der Waals surface area contributed by atoms with Crippen LogP contribution < -0.4 is 0 Å². The standard InChI is InChI=1S/C22H15N5O2/c28-27(29)16-12-10-15(11-13-16)20-19(14-6-2-1-3-7-14)21(26-25-20)22-23-17-8-4-5-9-18(17)24-22/h1-13H,(H,23,24)(H,25,26). The summed E-state index contributed by atoms with van der Waals surface area (Å²) in [6, 6.07) is 24.1. The van der Waals surface area contributed by atoms with Crippen molar-refractivity contribution in [3.05, 3.63) is 89.0 Å². The number of fused-ring (bicyclic) bond motifs is 1. The van der Waals surface area contributed by atoms with Crippen molar-refractivity contribution in [3.8, 4) is 33.9 Å². The molecule has 0 saturated heterocycles. The van der Waals surface area contributed by atoms with Crippen LogP contribution in [-0.4, -0.2) is 25.1 Å². The molecule has 0 spiro atoms. The van der Waals surface area contributed by atoms with Crippen molar-refractivity contribution in [1.82, 2.24) is 20.2 Å². The van der Waals surface area contributed by atoms with Gasteiger partial charge in [-0.25, -0.2) is 4.98 Å². The molecule has 0 radical (unpaired) electrons. The summed E-state index contributed by atoms with van der Waals surface area (Å²) in [5.74, 6) is 0.686. The Morgan fingerprint density at radius 3 is 2.28 bits per heavy atom. The number of nitrogens with one attached hydrogen (secondary N) is 2. The summed E-state index contributed by atoms with van der Waals surface area (Å²) >= 11 is 0. The predicted octanol–water partition coefficient (Wildman–Crippen LogP) is 5.20. The van der Waals surface area contributed by atoms with Gasteiger partial charge in [0.05, 0.1) is 16.0 Å². The molecule has 0 aliphatic rings. The number of H-pyrrole nitrogens is 2. The normalized spacial score (nSPS) is 11.0. The zero-order valence-corrected chi connectivity index (χ0v) is 15.2. The largest absolute Gasteiger partial charge is 0.337 e. The second kappa shape index (κ2) is 6.72. The molecule has 7 nitrogen and oxygen atoms in total. The molecule has 2 aromatic heterocycles. The number of nitro groups is 1. The Labute approximate surface area is 165 Å². The number of aromatic nitrogens is 4. The Morgan fingerprint density at radius 2 is 1.55 bits per heavy atom. The third kappa shape index (κ3) is 2.94. The number of nitrogens with zero attached hydrogens (tertiary/aromatic N) is 3. The maximum absolute atomic E-state index is 11.0. The van der Waals surface area contributed by atoms with E-state index in [0.29, 0.717) is 11.5 Å². The molecule has 3 aromatic carbocycles. The van der Waals surface area contributed by atoms with Crippen LogP contribution in [-0.2, 0) is 0 Å². The average Bonchev–Trinajstić information content (AvgIpc) is 3.38. The number of rotatable bonds is 4. The van der Waals surface area contributed by atoms with Gasteiger partial charge in [-0.1, -0.05) is 42.5 Å². The van der Waals surface area contributed by atoms with E-state index in [1.54, 1.807) is 12.1 Å². The molecule has 2 N–H and O–H groups in total. The highest BCUT2D eigenvalue weighted by atomic mass is 16.6. The molecule has 2 heterocycles. The quantitative estimate of drug-likeness (QED) is 0.330. The van der Waals surface area contributed by atoms with Crippen molar-refractivity contribution in [1.29, 1.82) is 0 Å². The Kier molecular flexibility index (Phi) is 3.91. The van der Waals surface area contributed by atoms with Crippen LogP contribution in [0, 0.1) is 10.1 Å². The molecule has 140 valence electrons. The minimum atomic E-state index is -0.410. The van der Waals surface area contributed by atoms with Crippen molar-refractivity contribution in [2.75, 3.05) is 0 Å². The minimum Gasteiger partial charge on any atom is -0.337 e. The molecule has 0 amide bonds. The molecule has 29 heavy (non-hydrogen) atoms. The molecule has 0 saturated carbocycles. The fourth-order valence-corrected chi connectivity index (χ4v) is 3.42. The molecular weight excluding hydrogens is 366 g/mol. The van der Waals surface area contributed by atoms with E-state index in [0.717, 1.165) is 33.4 Å². The van der Waals surface area contributed by atoms with Crippen LogP contribution in [0.15, 0.2) is 78.9 Å². The molecule has 5 aromatic rings. The number of para-hydroxylation sites is 2. The highest BCUT2D eigenvalue weighted by molar-refractivity contribution is 5.91. The highest BCUT2D eigenvalue weighted by Gasteiger charge is 2.20. The zero-order valence-electron chi connectivity index (χ0n) is 15.2. The lowest BCUT2D eigenvalue weighted by Crippen LogP contribution is -1.89. The number of hydrogen-bond acceptors (Lipinski definition) is 4. The van der Waals surface area contributed by atoms with E-state index in [4.69, 9.17) is 4.98 Å². The molecule has 7 heteroatoms. The fourth-order valence-electron chi connectivity index (χ4n) is 3.42. The first-order chi connectivity index (χ1) is 14.2. The van der Waals surface area contributed by atoms with E-state index >= 15 is 0 Å². The Balaban J connectivity index is 1.71. The van der Waals surface area contributed by atoms with Gasteiger partial charge >= 0.3 is 0 Å². The minimum absolute atomic E-state index is 0.0445. The lowest BCUT2D eigenvalue weighted by molar-refractivity contribution is -0.384. The van der Waals surface area contributed by atoms with E-state index < -0.39 is 4.92 Å². The monoisotopic (exact) mass is 381 g/mol. The zero-order chi connectivity index (χ0) is 19.8. The van der Waals surface area contributed by atoms with Gasteiger partial charge < -0.3 is 4.98 Å². The molecular formula is C22H15N5O2. The van der Waals surface area contributed by atoms with Crippen LogP contribution in [0.2, 0.25) is 0 Å².